The van der Waals surface area contributed by atoms with Gasteiger partial charge in [0.1, 0.15) is 11.2 Å². The maximum absolute atomic E-state index is 8.60. The summed E-state index contributed by atoms with van der Waals surface area (Å²) in [6.07, 6.45) is 0. The van der Waals surface area contributed by atoms with Crippen LogP contribution >= 0.6 is 11.3 Å². The minimum Gasteiger partial charge on any atom is -0.186 e. The van der Waals surface area contributed by atoms with Crippen molar-refractivity contribution >= 4 is 32.3 Å². The molecule has 0 saturated carbocycles. The van der Waals surface area contributed by atoms with Gasteiger partial charge in [-0.15, -0.1) is 0 Å². The summed E-state index contributed by atoms with van der Waals surface area (Å²) in [5, 5.41) is 4.08. The molecule has 0 saturated heterocycles. The second kappa shape index (κ2) is 6.23. The first kappa shape index (κ1) is 16.1. The highest BCUT2D eigenvalue weighted by Crippen LogP contribution is 2.27. The minimum absolute atomic E-state index is 1.04. The highest BCUT2D eigenvalue weighted by molar-refractivity contribution is 7.18. The summed E-state index contributed by atoms with van der Waals surface area (Å²) in [6, 6.07) is 13.1. The molecule has 2 aromatic carbocycles. The number of thiazole rings is 1. The first-order chi connectivity index (χ1) is 9.81. The molecule has 0 radical (unpaired) electrons. The number of hydrogen-bond donors (Lipinski definition) is 1. The highest BCUT2D eigenvalue weighted by atomic mass is 35.7. The zero-order chi connectivity index (χ0) is 15.6. The van der Waals surface area contributed by atoms with Crippen LogP contribution in [0.5, 0.6) is 0 Å². The SMILES string of the molecule is CC[n+]1c(C)sc2ccc3ccccc3c21.[O-][Cl+3]([O-])([O-])O. The van der Waals surface area contributed by atoms with Gasteiger partial charge in [0.05, 0.1) is 20.3 Å². The molecule has 0 fully saturated rings. The van der Waals surface area contributed by atoms with Crippen molar-refractivity contribution in [1.29, 1.82) is 0 Å². The maximum atomic E-state index is 8.60. The maximum Gasteiger partial charge on any atom is 0.235 e. The average molecular weight is 329 g/mol. The van der Waals surface area contributed by atoms with Gasteiger partial charge in [-0.05, 0) is 24.4 Å². The van der Waals surface area contributed by atoms with Gasteiger partial charge in [0, 0.05) is 6.92 Å². The van der Waals surface area contributed by atoms with Crippen LogP contribution in [0.4, 0.5) is 0 Å². The lowest BCUT2D eigenvalue weighted by atomic mass is 10.1. The van der Waals surface area contributed by atoms with Gasteiger partial charge in [-0.2, -0.15) is 18.5 Å². The van der Waals surface area contributed by atoms with Gasteiger partial charge >= 0.3 is 0 Å². The van der Waals surface area contributed by atoms with Gasteiger partial charge in [-0.3, -0.25) is 0 Å². The molecule has 0 spiro atoms. The quantitative estimate of drug-likeness (QED) is 0.612. The number of fused-ring (bicyclic) bond motifs is 3. The average Bonchev–Trinajstić information content (AvgIpc) is 2.72. The number of hydrogen-bond acceptors (Lipinski definition) is 5. The van der Waals surface area contributed by atoms with E-state index in [9.17, 15) is 0 Å². The molecule has 0 aliphatic carbocycles. The van der Waals surface area contributed by atoms with Gasteiger partial charge in [-0.25, -0.2) is 0 Å². The Balaban J connectivity index is 0.000000282. The molecule has 1 aromatic heterocycles. The number of nitrogens with zero attached hydrogens (tertiary/aromatic N) is 1. The number of aromatic nitrogens is 1. The van der Waals surface area contributed by atoms with Gasteiger partial charge < -0.3 is 0 Å². The smallest absolute Gasteiger partial charge is 0.186 e. The van der Waals surface area contributed by atoms with Crippen LogP contribution < -0.4 is 18.5 Å². The normalized spacial score (nSPS) is 11.5. The van der Waals surface area contributed by atoms with Crippen molar-refractivity contribution in [2.45, 2.75) is 20.4 Å². The summed E-state index contributed by atoms with van der Waals surface area (Å²) in [5.41, 5.74) is 1.39. The van der Waals surface area contributed by atoms with Crippen LogP contribution in [-0.4, -0.2) is 4.66 Å². The molecule has 1 N–H and O–H groups in total. The molecule has 0 aliphatic heterocycles. The van der Waals surface area contributed by atoms with Gasteiger partial charge in [0.2, 0.25) is 10.5 Å². The zero-order valence-corrected chi connectivity index (χ0v) is 13.1. The molecule has 0 aliphatic rings. The van der Waals surface area contributed by atoms with E-state index in [0.717, 1.165) is 6.54 Å². The molecule has 0 bridgehead atoms. The van der Waals surface area contributed by atoms with E-state index in [2.05, 4.69) is 54.8 Å². The van der Waals surface area contributed by atoms with Crippen molar-refractivity contribution in [3.05, 3.63) is 41.4 Å². The van der Waals surface area contributed by atoms with Crippen LogP contribution in [0.15, 0.2) is 36.4 Å². The Labute approximate surface area is 128 Å². The Kier molecular flexibility index (Phi) is 4.77. The number of benzene rings is 2. The van der Waals surface area contributed by atoms with Crippen LogP contribution in [-0.2, 0) is 6.54 Å². The van der Waals surface area contributed by atoms with Crippen LogP contribution in [0.2, 0.25) is 0 Å². The fourth-order valence-electron chi connectivity index (χ4n) is 2.35. The first-order valence-electron chi connectivity index (χ1n) is 6.25. The Bertz CT molecular complexity index is 761. The van der Waals surface area contributed by atoms with E-state index in [4.69, 9.17) is 18.6 Å². The van der Waals surface area contributed by atoms with E-state index in [1.807, 2.05) is 11.3 Å². The van der Waals surface area contributed by atoms with Crippen molar-refractivity contribution < 1.29 is 33.4 Å². The molecule has 21 heavy (non-hydrogen) atoms. The van der Waals surface area contributed by atoms with Gasteiger partial charge in [0.15, 0.2) is 0 Å². The van der Waals surface area contributed by atoms with E-state index in [1.54, 1.807) is 0 Å². The fraction of sp³-hybridized carbons (Fsp3) is 0.214. The number of rotatable bonds is 1. The Morgan fingerprint density at radius 1 is 1.14 bits per heavy atom. The number of aryl methyl sites for hydroxylation is 2. The van der Waals surface area contributed by atoms with E-state index in [1.165, 1.54) is 26.0 Å². The van der Waals surface area contributed by atoms with E-state index in [-0.39, 0.29) is 0 Å². The van der Waals surface area contributed by atoms with Crippen molar-refractivity contribution in [1.82, 2.24) is 0 Å². The van der Waals surface area contributed by atoms with Crippen molar-refractivity contribution in [2.24, 2.45) is 0 Å². The molecule has 3 rings (SSSR count). The third-order valence-electron chi connectivity index (χ3n) is 3.09. The summed E-state index contributed by atoms with van der Waals surface area (Å²) in [5.74, 6) is 0. The third kappa shape index (κ3) is 3.88. The molecular formula is C14H15ClNO4S+. The standard InChI is InChI=1S/C14H14NS.ClHO4/c1-3-15-10(2)16-13-9-8-11-6-4-5-7-12(11)14(13)15;2-1(3,4)5/h4-9H,3H2,1-2H3;(H,2,3,4,5)/q+1;. The molecular weight excluding hydrogens is 314 g/mol. The van der Waals surface area contributed by atoms with E-state index >= 15 is 0 Å². The molecule has 0 atom stereocenters. The molecule has 7 heteroatoms. The second-order valence-electron chi connectivity index (χ2n) is 4.39. The third-order valence-corrected chi connectivity index (χ3v) is 4.15. The monoisotopic (exact) mass is 328 g/mol. The Hall–Kier alpha value is -1.28. The zero-order valence-electron chi connectivity index (χ0n) is 11.6. The summed E-state index contributed by atoms with van der Waals surface area (Å²) in [4.78, 5) is 0. The predicted molar refractivity (Wildman–Crippen MR) is 72.2 cm³/mol. The largest absolute Gasteiger partial charge is 0.235 e. The Morgan fingerprint density at radius 2 is 1.76 bits per heavy atom. The molecule has 0 amide bonds. The molecule has 112 valence electrons. The lowest BCUT2D eigenvalue weighted by Crippen LogP contribution is -2.58. The lowest BCUT2D eigenvalue weighted by Gasteiger charge is -2.03. The molecule has 3 aromatic rings. The summed E-state index contributed by atoms with van der Waals surface area (Å²) >= 11 is 1.88. The predicted octanol–water partition coefficient (Wildman–Crippen LogP) is -0.454. The van der Waals surface area contributed by atoms with Gasteiger partial charge in [-0.1, -0.05) is 35.6 Å². The minimum atomic E-state index is -4.69. The van der Waals surface area contributed by atoms with Crippen molar-refractivity contribution in [3.8, 4) is 0 Å². The number of halogens is 1. The summed E-state index contributed by atoms with van der Waals surface area (Å²) in [7, 11) is -4.69. The van der Waals surface area contributed by atoms with Crippen molar-refractivity contribution in [2.75, 3.05) is 0 Å². The second-order valence-corrected chi connectivity index (χ2v) is 6.42. The lowest BCUT2D eigenvalue weighted by molar-refractivity contribution is -1.92. The molecule has 5 nitrogen and oxygen atoms in total. The summed E-state index contributed by atoms with van der Waals surface area (Å²) < 4.78 is 36.5. The highest BCUT2D eigenvalue weighted by Gasteiger charge is 2.17. The molecule has 1 heterocycles. The van der Waals surface area contributed by atoms with Gasteiger partial charge in [0.25, 0.3) is 0 Å². The summed E-state index contributed by atoms with van der Waals surface area (Å²) in [6.45, 7) is 5.45. The Morgan fingerprint density at radius 3 is 2.38 bits per heavy atom. The van der Waals surface area contributed by atoms with E-state index < -0.39 is 10.2 Å². The van der Waals surface area contributed by atoms with Crippen molar-refractivity contribution in [3.63, 3.8) is 0 Å². The fourth-order valence-corrected chi connectivity index (χ4v) is 3.45. The van der Waals surface area contributed by atoms with E-state index in [0.29, 0.717) is 0 Å². The topological polar surface area (TPSA) is 93.3 Å². The van der Waals surface area contributed by atoms with Crippen LogP contribution in [0.3, 0.4) is 0 Å². The van der Waals surface area contributed by atoms with Crippen LogP contribution in [0.25, 0.3) is 21.0 Å². The first-order valence-corrected chi connectivity index (χ1v) is 8.33. The molecule has 0 unspecified atom stereocenters. The van der Waals surface area contributed by atoms with Crippen LogP contribution in [0.1, 0.15) is 11.9 Å². The van der Waals surface area contributed by atoms with Crippen LogP contribution in [0, 0.1) is 17.2 Å².